The Bertz CT molecular complexity index is 859. The van der Waals surface area contributed by atoms with Gasteiger partial charge in [0.1, 0.15) is 12.1 Å². The summed E-state index contributed by atoms with van der Waals surface area (Å²) in [6, 6.07) is 2.39. The van der Waals surface area contributed by atoms with Crippen molar-refractivity contribution >= 4 is 11.5 Å². The molecule has 0 amide bonds. The van der Waals surface area contributed by atoms with Crippen molar-refractivity contribution in [3.63, 3.8) is 0 Å². The molecule has 7 nitrogen and oxygen atoms in total. The van der Waals surface area contributed by atoms with Gasteiger partial charge in [0.25, 0.3) is 0 Å². The van der Waals surface area contributed by atoms with Gasteiger partial charge in [-0.15, -0.1) is 10.2 Å². The van der Waals surface area contributed by atoms with Crippen LogP contribution in [-0.2, 0) is 6.42 Å². The van der Waals surface area contributed by atoms with Crippen LogP contribution in [0.1, 0.15) is 62.6 Å². The number of anilines is 1. The van der Waals surface area contributed by atoms with Gasteiger partial charge in [0.05, 0.1) is 11.7 Å². The van der Waals surface area contributed by atoms with E-state index in [1.807, 2.05) is 11.4 Å². The second-order valence-electron chi connectivity index (χ2n) is 6.49. The maximum Gasteiger partial charge on any atom is 0.160 e. The zero-order chi connectivity index (χ0) is 17.4. The highest BCUT2D eigenvalue weighted by atomic mass is 15.3. The molecule has 3 heterocycles. The number of aromatic nitrogens is 6. The molecule has 0 saturated carbocycles. The van der Waals surface area contributed by atoms with Gasteiger partial charge in [-0.3, -0.25) is 0 Å². The number of aryl methyl sites for hydroxylation is 3. The fraction of sp³-hybridized carbons (Fsp3) is 0.529. The molecule has 128 valence electrons. The lowest BCUT2D eigenvalue weighted by atomic mass is 10.2. The first kappa shape index (κ1) is 16.4. The van der Waals surface area contributed by atoms with Gasteiger partial charge in [-0.25, -0.2) is 4.98 Å². The summed E-state index contributed by atoms with van der Waals surface area (Å²) in [6.45, 7) is 12.5. The largest absolute Gasteiger partial charge is 0.360 e. The Morgan fingerprint density at radius 3 is 2.62 bits per heavy atom. The Morgan fingerprint density at radius 2 is 1.96 bits per heavy atom. The van der Waals surface area contributed by atoms with Crippen LogP contribution in [-0.4, -0.2) is 29.4 Å². The van der Waals surface area contributed by atoms with E-state index in [2.05, 4.69) is 65.9 Å². The topological polar surface area (TPSA) is 72.9 Å². The number of hydrogen-bond acceptors (Lipinski definition) is 5. The predicted octanol–water partition coefficient (Wildman–Crippen LogP) is 3.25. The molecule has 0 aliphatic rings. The van der Waals surface area contributed by atoms with Gasteiger partial charge >= 0.3 is 0 Å². The van der Waals surface area contributed by atoms with E-state index >= 15 is 0 Å². The van der Waals surface area contributed by atoms with E-state index in [0.29, 0.717) is 6.04 Å². The number of rotatable bonds is 5. The average molecular weight is 327 g/mol. The van der Waals surface area contributed by atoms with E-state index < -0.39 is 0 Å². The smallest absolute Gasteiger partial charge is 0.160 e. The molecule has 0 aliphatic heterocycles. The normalized spacial score (nSPS) is 13.0. The minimum Gasteiger partial charge on any atom is -0.360 e. The standard InChI is InChI=1S/C17H25N7/c1-7-14-8-15(24-16(20-14)11(4)12(5)22-24)19-13(6)17-21-18-9-23(17)10(2)3/h8-10,13,19H,7H2,1-6H3/t13-/m0/s1. The van der Waals surface area contributed by atoms with Gasteiger partial charge in [0, 0.05) is 23.4 Å². The van der Waals surface area contributed by atoms with E-state index in [1.165, 1.54) is 0 Å². The molecule has 0 unspecified atom stereocenters. The summed E-state index contributed by atoms with van der Waals surface area (Å²) in [6.07, 6.45) is 2.66. The third kappa shape index (κ3) is 2.74. The molecule has 0 aliphatic carbocycles. The highest BCUT2D eigenvalue weighted by Crippen LogP contribution is 2.23. The van der Waals surface area contributed by atoms with Crippen molar-refractivity contribution in [1.82, 2.24) is 29.4 Å². The van der Waals surface area contributed by atoms with Gasteiger partial charge in [-0.1, -0.05) is 6.92 Å². The monoisotopic (exact) mass is 327 g/mol. The summed E-state index contributed by atoms with van der Waals surface area (Å²) in [5.41, 5.74) is 4.07. The van der Waals surface area contributed by atoms with Crippen molar-refractivity contribution in [2.24, 2.45) is 0 Å². The maximum absolute atomic E-state index is 4.72. The molecule has 1 N–H and O–H groups in total. The lowest BCUT2D eigenvalue weighted by molar-refractivity contribution is 0.551. The van der Waals surface area contributed by atoms with Gasteiger partial charge in [0.15, 0.2) is 11.5 Å². The van der Waals surface area contributed by atoms with Crippen molar-refractivity contribution < 1.29 is 0 Å². The molecule has 3 aromatic rings. The summed E-state index contributed by atoms with van der Waals surface area (Å²) >= 11 is 0. The minimum absolute atomic E-state index is 0.00928. The first-order valence-corrected chi connectivity index (χ1v) is 8.44. The third-order valence-electron chi connectivity index (χ3n) is 4.38. The van der Waals surface area contributed by atoms with E-state index in [9.17, 15) is 0 Å². The van der Waals surface area contributed by atoms with Crippen LogP contribution in [0.5, 0.6) is 0 Å². The highest BCUT2D eigenvalue weighted by molar-refractivity contribution is 5.56. The second kappa shape index (κ2) is 6.22. The molecule has 0 bridgehead atoms. The van der Waals surface area contributed by atoms with Gasteiger partial charge in [-0.2, -0.15) is 9.61 Å². The molecule has 24 heavy (non-hydrogen) atoms. The van der Waals surface area contributed by atoms with Crippen molar-refractivity contribution in [2.45, 2.75) is 60.0 Å². The average Bonchev–Trinajstić information content (AvgIpc) is 3.14. The molecule has 0 fully saturated rings. The molecule has 0 spiro atoms. The van der Waals surface area contributed by atoms with Crippen LogP contribution in [0, 0.1) is 13.8 Å². The predicted molar refractivity (Wildman–Crippen MR) is 94.3 cm³/mol. The van der Waals surface area contributed by atoms with Crippen molar-refractivity contribution in [3.8, 4) is 0 Å². The zero-order valence-corrected chi connectivity index (χ0v) is 15.2. The maximum atomic E-state index is 4.72. The lowest BCUT2D eigenvalue weighted by Gasteiger charge is -2.18. The summed E-state index contributed by atoms with van der Waals surface area (Å²) in [5.74, 6) is 1.84. The molecule has 0 aromatic carbocycles. The van der Waals surface area contributed by atoms with Crippen molar-refractivity contribution in [1.29, 1.82) is 0 Å². The minimum atomic E-state index is 0.00928. The third-order valence-corrected chi connectivity index (χ3v) is 4.38. The van der Waals surface area contributed by atoms with E-state index in [-0.39, 0.29) is 6.04 Å². The van der Waals surface area contributed by atoms with Gasteiger partial charge < -0.3 is 9.88 Å². The Hall–Kier alpha value is -2.44. The zero-order valence-electron chi connectivity index (χ0n) is 15.2. The number of nitrogens with zero attached hydrogens (tertiary/aromatic N) is 6. The summed E-state index contributed by atoms with van der Waals surface area (Å²) in [4.78, 5) is 4.72. The Balaban J connectivity index is 2.03. The van der Waals surface area contributed by atoms with Crippen LogP contribution < -0.4 is 5.32 Å². The first-order chi connectivity index (χ1) is 11.4. The number of hydrogen-bond donors (Lipinski definition) is 1. The van der Waals surface area contributed by atoms with Crippen LogP contribution >= 0.6 is 0 Å². The number of fused-ring (bicyclic) bond motifs is 1. The van der Waals surface area contributed by atoms with E-state index in [4.69, 9.17) is 4.98 Å². The molecule has 3 aromatic heterocycles. The van der Waals surface area contributed by atoms with Crippen LogP contribution in [0.15, 0.2) is 12.4 Å². The SMILES string of the molecule is CCc1cc(N[C@@H](C)c2nncn2C(C)C)n2nc(C)c(C)c2n1. The van der Waals surface area contributed by atoms with Crippen LogP contribution in [0.4, 0.5) is 5.82 Å². The molecule has 3 rings (SSSR count). The summed E-state index contributed by atoms with van der Waals surface area (Å²) < 4.78 is 3.97. The van der Waals surface area contributed by atoms with Gasteiger partial charge in [-0.05, 0) is 41.0 Å². The van der Waals surface area contributed by atoms with Crippen molar-refractivity contribution in [2.75, 3.05) is 5.32 Å². The molecule has 7 heteroatoms. The van der Waals surface area contributed by atoms with Gasteiger partial charge in [0.2, 0.25) is 0 Å². The molecule has 0 radical (unpaired) electrons. The highest BCUT2D eigenvalue weighted by Gasteiger charge is 2.18. The first-order valence-electron chi connectivity index (χ1n) is 8.44. The molecular formula is C17H25N7. The Morgan fingerprint density at radius 1 is 1.21 bits per heavy atom. The Labute approximate surface area is 142 Å². The summed E-state index contributed by atoms with van der Waals surface area (Å²) in [7, 11) is 0. The molecule has 1 atom stereocenters. The van der Waals surface area contributed by atoms with Crippen LogP contribution in [0.25, 0.3) is 5.65 Å². The second-order valence-corrected chi connectivity index (χ2v) is 6.49. The van der Waals surface area contributed by atoms with Crippen LogP contribution in [0.2, 0.25) is 0 Å². The van der Waals surface area contributed by atoms with E-state index in [1.54, 1.807) is 6.33 Å². The fourth-order valence-corrected chi connectivity index (χ4v) is 2.81. The Kier molecular flexibility index (Phi) is 4.26. The lowest BCUT2D eigenvalue weighted by Crippen LogP contribution is -2.17. The van der Waals surface area contributed by atoms with Crippen LogP contribution in [0.3, 0.4) is 0 Å². The van der Waals surface area contributed by atoms with Crippen molar-refractivity contribution in [3.05, 3.63) is 35.2 Å². The quantitative estimate of drug-likeness (QED) is 0.778. The molecular weight excluding hydrogens is 302 g/mol. The summed E-state index contributed by atoms with van der Waals surface area (Å²) in [5, 5.41) is 16.5. The number of nitrogens with one attached hydrogen (secondary N) is 1. The van der Waals surface area contributed by atoms with E-state index in [0.717, 1.165) is 40.7 Å². The fourth-order valence-electron chi connectivity index (χ4n) is 2.81. The molecule has 0 saturated heterocycles.